The third kappa shape index (κ3) is 5.69. The number of nitrogens with zero attached hydrogens (tertiary/aromatic N) is 2. The number of hydrogen-bond acceptors (Lipinski definition) is 6. The quantitative estimate of drug-likeness (QED) is 0.553. The number of rotatable bonds is 6. The first kappa shape index (κ1) is 28.4. The van der Waals surface area contributed by atoms with Gasteiger partial charge in [-0.1, -0.05) is 36.4 Å². The highest BCUT2D eigenvalue weighted by molar-refractivity contribution is 7.92. The zero-order chi connectivity index (χ0) is 28.7. The number of carbonyl (C=O) groups excluding carboxylic acids is 2. The van der Waals surface area contributed by atoms with Gasteiger partial charge in [0.25, 0.3) is 0 Å². The number of sulfonamides is 1. The van der Waals surface area contributed by atoms with E-state index in [0.29, 0.717) is 45.5 Å². The zero-order valence-corrected chi connectivity index (χ0v) is 24.4. The summed E-state index contributed by atoms with van der Waals surface area (Å²) >= 11 is 0. The lowest BCUT2D eigenvalue weighted by Gasteiger charge is -2.41. The Morgan fingerprint density at radius 2 is 1.80 bits per heavy atom. The number of para-hydroxylation sites is 2. The van der Waals surface area contributed by atoms with Crippen LogP contribution in [0, 0.1) is 5.92 Å². The van der Waals surface area contributed by atoms with Gasteiger partial charge in [-0.15, -0.1) is 0 Å². The van der Waals surface area contributed by atoms with Gasteiger partial charge in [0.05, 0.1) is 24.1 Å². The van der Waals surface area contributed by atoms with E-state index in [2.05, 4.69) is 11.4 Å². The molecule has 9 nitrogen and oxygen atoms in total. The van der Waals surface area contributed by atoms with E-state index < -0.39 is 21.6 Å². The maximum atomic E-state index is 14.0. The number of carbonyl (C=O) groups is 2. The van der Waals surface area contributed by atoms with Crippen LogP contribution in [-0.2, 0) is 31.4 Å². The number of fused-ring (bicyclic) bond motifs is 3. The second-order valence-electron chi connectivity index (χ2n) is 12.2. The van der Waals surface area contributed by atoms with E-state index in [4.69, 9.17) is 10.5 Å². The second kappa shape index (κ2) is 10.7. The van der Waals surface area contributed by atoms with Crippen LogP contribution in [0.4, 0.5) is 5.69 Å². The van der Waals surface area contributed by atoms with E-state index in [9.17, 15) is 18.0 Å². The number of nitrogens with one attached hydrogen (secondary N) is 1. The van der Waals surface area contributed by atoms with Gasteiger partial charge < -0.3 is 20.7 Å². The van der Waals surface area contributed by atoms with Gasteiger partial charge in [-0.2, -0.15) is 0 Å². The molecule has 2 amide bonds. The van der Waals surface area contributed by atoms with E-state index in [-0.39, 0.29) is 23.1 Å². The van der Waals surface area contributed by atoms with Crippen molar-refractivity contribution in [1.29, 1.82) is 0 Å². The Morgan fingerprint density at radius 1 is 1.12 bits per heavy atom. The third-order valence-electron chi connectivity index (χ3n) is 8.65. The van der Waals surface area contributed by atoms with Crippen molar-refractivity contribution in [2.45, 2.75) is 62.9 Å². The normalized spacial score (nSPS) is 21.1. The monoisotopic (exact) mass is 568 g/mol. The van der Waals surface area contributed by atoms with Crippen LogP contribution in [0.25, 0.3) is 0 Å². The fourth-order valence-electron chi connectivity index (χ4n) is 6.35. The molecule has 0 unspecified atom stereocenters. The molecule has 2 atom stereocenters. The van der Waals surface area contributed by atoms with Crippen LogP contribution < -0.4 is 20.1 Å². The lowest BCUT2D eigenvalue weighted by Crippen LogP contribution is -2.58. The van der Waals surface area contributed by atoms with Crippen LogP contribution in [-0.4, -0.2) is 69.2 Å². The van der Waals surface area contributed by atoms with Gasteiger partial charge in [-0.3, -0.25) is 13.9 Å². The summed E-state index contributed by atoms with van der Waals surface area (Å²) in [6, 6.07) is 14.9. The predicted octanol–water partition coefficient (Wildman–Crippen LogP) is 2.58. The number of likely N-dealkylation sites (tertiary alicyclic amines) is 1. The van der Waals surface area contributed by atoms with E-state index in [1.807, 2.05) is 47.4 Å². The SMILES string of the molecule is CC(C)(N)C(=O)N[C@@H](C[C@@H]1CCOc2ccccc2C1)C(=O)N1CCC2(CC1)CN(S(C)(=O)=O)c1ccccc12. The molecular weight excluding hydrogens is 528 g/mol. The first-order valence-corrected chi connectivity index (χ1v) is 15.9. The molecule has 10 heteroatoms. The van der Waals surface area contributed by atoms with E-state index in [1.54, 1.807) is 13.8 Å². The summed E-state index contributed by atoms with van der Waals surface area (Å²) in [4.78, 5) is 28.7. The van der Waals surface area contributed by atoms with Crippen molar-refractivity contribution in [3.05, 3.63) is 59.7 Å². The maximum Gasteiger partial charge on any atom is 0.245 e. The Bertz CT molecular complexity index is 1380. The molecule has 0 aromatic heterocycles. The number of benzene rings is 2. The Labute approximate surface area is 237 Å². The lowest BCUT2D eigenvalue weighted by molar-refractivity contribution is -0.139. The minimum Gasteiger partial charge on any atom is -0.493 e. The van der Waals surface area contributed by atoms with Crippen molar-refractivity contribution in [3.63, 3.8) is 0 Å². The molecular formula is C30H40N4O5S. The fourth-order valence-corrected chi connectivity index (χ4v) is 7.34. The summed E-state index contributed by atoms with van der Waals surface area (Å²) in [6.07, 6.45) is 4.57. The van der Waals surface area contributed by atoms with Crippen LogP contribution in [0.5, 0.6) is 5.75 Å². The minimum absolute atomic E-state index is 0.114. The summed E-state index contributed by atoms with van der Waals surface area (Å²) in [7, 11) is -3.42. The molecule has 5 rings (SSSR count). The molecule has 1 fully saturated rings. The summed E-state index contributed by atoms with van der Waals surface area (Å²) in [5.41, 5.74) is 7.50. The van der Waals surface area contributed by atoms with Gasteiger partial charge >= 0.3 is 0 Å². The van der Waals surface area contributed by atoms with Gasteiger partial charge in [-0.05, 0) is 75.1 Å². The number of piperidine rings is 1. The van der Waals surface area contributed by atoms with Gasteiger partial charge in [-0.25, -0.2) is 8.42 Å². The number of amides is 2. The van der Waals surface area contributed by atoms with E-state index in [0.717, 1.165) is 35.4 Å². The molecule has 1 saturated heterocycles. The Hall–Kier alpha value is -3.11. The van der Waals surface area contributed by atoms with Gasteiger partial charge in [0.15, 0.2) is 0 Å². The Kier molecular flexibility index (Phi) is 7.60. The van der Waals surface area contributed by atoms with E-state index in [1.165, 1.54) is 10.6 Å². The Morgan fingerprint density at radius 3 is 2.50 bits per heavy atom. The molecule has 1 spiro atoms. The summed E-state index contributed by atoms with van der Waals surface area (Å²) in [5, 5.41) is 2.97. The molecule has 2 aromatic rings. The summed E-state index contributed by atoms with van der Waals surface area (Å²) < 4.78 is 32.6. The molecule has 3 aliphatic heterocycles. The zero-order valence-electron chi connectivity index (χ0n) is 23.6. The van der Waals surface area contributed by atoms with Crippen molar-refractivity contribution in [2.24, 2.45) is 11.7 Å². The van der Waals surface area contributed by atoms with Gasteiger partial charge in [0, 0.05) is 25.0 Å². The van der Waals surface area contributed by atoms with Crippen LogP contribution in [0.1, 0.15) is 50.7 Å². The largest absolute Gasteiger partial charge is 0.493 e. The van der Waals surface area contributed by atoms with Crippen molar-refractivity contribution < 1.29 is 22.7 Å². The van der Waals surface area contributed by atoms with Crippen LogP contribution >= 0.6 is 0 Å². The highest BCUT2D eigenvalue weighted by atomic mass is 32.2. The summed E-state index contributed by atoms with van der Waals surface area (Å²) in [6.45, 7) is 5.18. The lowest BCUT2D eigenvalue weighted by atomic mass is 9.74. The highest BCUT2D eigenvalue weighted by Gasteiger charge is 2.48. The molecule has 3 N–H and O–H groups in total. The first-order valence-electron chi connectivity index (χ1n) is 14.0. The highest BCUT2D eigenvalue weighted by Crippen LogP contribution is 2.48. The summed E-state index contributed by atoms with van der Waals surface area (Å²) in [5.74, 6) is 0.552. The molecule has 216 valence electrons. The van der Waals surface area contributed by atoms with E-state index >= 15 is 0 Å². The average molecular weight is 569 g/mol. The van der Waals surface area contributed by atoms with Crippen LogP contribution in [0.3, 0.4) is 0 Å². The average Bonchev–Trinajstić information content (AvgIpc) is 3.08. The molecule has 3 aliphatic rings. The molecule has 0 saturated carbocycles. The van der Waals surface area contributed by atoms with Gasteiger partial charge in [0.1, 0.15) is 11.8 Å². The number of anilines is 1. The minimum atomic E-state index is -3.42. The molecule has 0 bridgehead atoms. The standard InChI is InChI=1S/C30H40N4O5S/c1-29(2,31)28(36)32-24(19-21-12-17-39-26-11-7-4-8-22(26)18-21)27(35)33-15-13-30(14-16-33)20-34(40(3,37)38)25-10-6-5-9-23(25)30/h4-11,21,24H,12-20,31H2,1-3H3,(H,32,36)/t21-,24+/m1/s1. The first-order chi connectivity index (χ1) is 18.9. The molecule has 3 heterocycles. The molecule has 0 radical (unpaired) electrons. The molecule has 40 heavy (non-hydrogen) atoms. The second-order valence-corrected chi connectivity index (χ2v) is 14.1. The Balaban J connectivity index is 1.33. The van der Waals surface area contributed by atoms with Crippen LogP contribution in [0.15, 0.2) is 48.5 Å². The smallest absolute Gasteiger partial charge is 0.245 e. The number of ether oxygens (including phenoxy) is 1. The molecule has 0 aliphatic carbocycles. The van der Waals surface area contributed by atoms with Crippen molar-refractivity contribution in [2.75, 3.05) is 36.8 Å². The topological polar surface area (TPSA) is 122 Å². The van der Waals surface area contributed by atoms with Crippen molar-refractivity contribution >= 4 is 27.5 Å². The van der Waals surface area contributed by atoms with Crippen molar-refractivity contribution in [1.82, 2.24) is 10.2 Å². The number of hydrogen-bond donors (Lipinski definition) is 2. The van der Waals surface area contributed by atoms with Crippen LogP contribution in [0.2, 0.25) is 0 Å². The number of nitrogens with two attached hydrogens (primary N) is 1. The van der Waals surface area contributed by atoms with Gasteiger partial charge in [0.2, 0.25) is 21.8 Å². The fraction of sp³-hybridized carbons (Fsp3) is 0.533. The third-order valence-corrected chi connectivity index (χ3v) is 9.77. The molecule has 2 aromatic carbocycles. The predicted molar refractivity (Wildman–Crippen MR) is 155 cm³/mol. The maximum absolute atomic E-state index is 14.0. The van der Waals surface area contributed by atoms with Crippen molar-refractivity contribution in [3.8, 4) is 5.75 Å².